The third-order valence-electron chi connectivity index (χ3n) is 4.69. The molecule has 0 amide bonds. The van der Waals surface area contributed by atoms with Crippen molar-refractivity contribution in [3.63, 3.8) is 0 Å². The SMILES string of the molecule is CCNC(c1ccc2c(c1)C(C)(C)CO2)C1CCCCO1. The highest BCUT2D eigenvalue weighted by molar-refractivity contribution is 5.46. The smallest absolute Gasteiger partial charge is 0.123 e. The highest BCUT2D eigenvalue weighted by atomic mass is 16.5. The fourth-order valence-corrected chi connectivity index (χ4v) is 3.44. The quantitative estimate of drug-likeness (QED) is 0.919. The zero-order valence-electron chi connectivity index (χ0n) is 13.4. The van der Waals surface area contributed by atoms with Crippen molar-refractivity contribution in [1.29, 1.82) is 0 Å². The van der Waals surface area contributed by atoms with Gasteiger partial charge >= 0.3 is 0 Å². The maximum atomic E-state index is 6.02. The molecule has 3 nitrogen and oxygen atoms in total. The van der Waals surface area contributed by atoms with Gasteiger partial charge in [-0.15, -0.1) is 0 Å². The molecule has 2 heterocycles. The van der Waals surface area contributed by atoms with E-state index in [1.54, 1.807) is 0 Å². The van der Waals surface area contributed by atoms with Crippen LogP contribution < -0.4 is 10.1 Å². The molecule has 0 aromatic heterocycles. The molecule has 0 aliphatic carbocycles. The van der Waals surface area contributed by atoms with Crippen LogP contribution in [0.5, 0.6) is 5.75 Å². The van der Waals surface area contributed by atoms with Crippen molar-refractivity contribution in [3.05, 3.63) is 29.3 Å². The monoisotopic (exact) mass is 289 g/mol. The lowest BCUT2D eigenvalue weighted by Crippen LogP contribution is -2.36. The molecule has 0 radical (unpaired) electrons. The molecule has 3 heteroatoms. The van der Waals surface area contributed by atoms with Gasteiger partial charge in [-0.1, -0.05) is 26.8 Å². The number of fused-ring (bicyclic) bond motifs is 1. The van der Waals surface area contributed by atoms with Gasteiger partial charge < -0.3 is 14.8 Å². The highest BCUT2D eigenvalue weighted by Gasteiger charge is 2.33. The number of hydrogen-bond acceptors (Lipinski definition) is 3. The van der Waals surface area contributed by atoms with Crippen molar-refractivity contribution in [2.75, 3.05) is 19.8 Å². The lowest BCUT2D eigenvalue weighted by atomic mass is 9.84. The van der Waals surface area contributed by atoms with E-state index in [4.69, 9.17) is 9.47 Å². The van der Waals surface area contributed by atoms with Crippen LogP contribution in [0.25, 0.3) is 0 Å². The zero-order chi connectivity index (χ0) is 14.9. The van der Waals surface area contributed by atoms with E-state index in [1.807, 2.05) is 0 Å². The summed E-state index contributed by atoms with van der Waals surface area (Å²) in [7, 11) is 0. The van der Waals surface area contributed by atoms with Gasteiger partial charge in [-0.05, 0) is 43.5 Å². The molecule has 1 N–H and O–H groups in total. The molecule has 1 fully saturated rings. The molecule has 2 aliphatic heterocycles. The molecule has 1 saturated heterocycles. The molecule has 2 aliphatic rings. The Morgan fingerprint density at radius 3 is 2.90 bits per heavy atom. The van der Waals surface area contributed by atoms with Gasteiger partial charge in [0.1, 0.15) is 5.75 Å². The molecular formula is C18H27NO2. The second-order valence-corrected chi connectivity index (χ2v) is 6.87. The van der Waals surface area contributed by atoms with Crippen LogP contribution in [0, 0.1) is 0 Å². The summed E-state index contributed by atoms with van der Waals surface area (Å²) in [5.74, 6) is 1.04. The molecule has 0 bridgehead atoms. The minimum atomic E-state index is 0.107. The average molecular weight is 289 g/mol. The van der Waals surface area contributed by atoms with Crippen molar-refractivity contribution >= 4 is 0 Å². The summed E-state index contributed by atoms with van der Waals surface area (Å²) in [6.45, 7) is 9.30. The van der Waals surface area contributed by atoms with Crippen LogP contribution in [0.2, 0.25) is 0 Å². The molecule has 0 spiro atoms. The van der Waals surface area contributed by atoms with E-state index in [0.717, 1.165) is 31.9 Å². The van der Waals surface area contributed by atoms with E-state index in [1.165, 1.54) is 24.0 Å². The highest BCUT2D eigenvalue weighted by Crippen LogP contribution is 2.40. The first-order valence-corrected chi connectivity index (χ1v) is 8.24. The van der Waals surface area contributed by atoms with Crippen LogP contribution in [-0.4, -0.2) is 25.9 Å². The summed E-state index contributed by atoms with van der Waals surface area (Å²) in [6, 6.07) is 6.95. The Kier molecular flexibility index (Phi) is 4.23. The Morgan fingerprint density at radius 1 is 1.33 bits per heavy atom. The first kappa shape index (κ1) is 14.9. The van der Waals surface area contributed by atoms with Crippen molar-refractivity contribution in [1.82, 2.24) is 5.32 Å². The average Bonchev–Trinajstić information content (AvgIpc) is 2.81. The van der Waals surface area contributed by atoms with Crippen LogP contribution in [0.1, 0.15) is 57.2 Å². The third kappa shape index (κ3) is 2.95. The minimum absolute atomic E-state index is 0.107. The number of benzene rings is 1. The van der Waals surface area contributed by atoms with Crippen LogP contribution in [0.15, 0.2) is 18.2 Å². The number of rotatable bonds is 4. The summed E-state index contributed by atoms with van der Waals surface area (Å²) in [5, 5.41) is 3.62. The Labute approximate surface area is 128 Å². The third-order valence-corrected chi connectivity index (χ3v) is 4.69. The summed E-state index contributed by atoms with van der Waals surface area (Å²) >= 11 is 0. The van der Waals surface area contributed by atoms with Gasteiger partial charge in [0.2, 0.25) is 0 Å². The van der Waals surface area contributed by atoms with E-state index in [2.05, 4.69) is 44.3 Å². The van der Waals surface area contributed by atoms with Gasteiger partial charge in [0.05, 0.1) is 18.8 Å². The van der Waals surface area contributed by atoms with Crippen LogP contribution in [-0.2, 0) is 10.2 Å². The molecule has 1 aromatic rings. The van der Waals surface area contributed by atoms with E-state index in [0.29, 0.717) is 6.10 Å². The van der Waals surface area contributed by atoms with Gasteiger partial charge in [-0.2, -0.15) is 0 Å². The maximum Gasteiger partial charge on any atom is 0.123 e. The number of nitrogens with one attached hydrogen (secondary N) is 1. The van der Waals surface area contributed by atoms with Gasteiger partial charge in [0.25, 0.3) is 0 Å². The summed E-state index contributed by atoms with van der Waals surface area (Å²) < 4.78 is 11.8. The molecule has 116 valence electrons. The van der Waals surface area contributed by atoms with Crippen molar-refractivity contribution < 1.29 is 9.47 Å². The first-order chi connectivity index (χ1) is 10.1. The summed E-state index contributed by atoms with van der Waals surface area (Å²) in [4.78, 5) is 0. The van der Waals surface area contributed by atoms with Crippen LogP contribution in [0.3, 0.4) is 0 Å². The van der Waals surface area contributed by atoms with Gasteiger partial charge in [-0.3, -0.25) is 0 Å². The van der Waals surface area contributed by atoms with E-state index in [-0.39, 0.29) is 11.5 Å². The topological polar surface area (TPSA) is 30.5 Å². The zero-order valence-corrected chi connectivity index (χ0v) is 13.4. The molecule has 1 aromatic carbocycles. The van der Waals surface area contributed by atoms with Crippen molar-refractivity contribution in [2.45, 2.75) is 57.6 Å². The van der Waals surface area contributed by atoms with Gasteiger partial charge in [-0.25, -0.2) is 0 Å². The summed E-state index contributed by atoms with van der Waals surface area (Å²) in [5.41, 5.74) is 2.77. The normalized spacial score (nSPS) is 25.2. The fraction of sp³-hybridized carbons (Fsp3) is 0.667. The van der Waals surface area contributed by atoms with Crippen LogP contribution in [0.4, 0.5) is 0 Å². The number of ether oxygens (including phenoxy) is 2. The Balaban J connectivity index is 1.89. The van der Waals surface area contributed by atoms with E-state index >= 15 is 0 Å². The lowest BCUT2D eigenvalue weighted by Gasteiger charge is -2.32. The standard InChI is InChI=1S/C18H27NO2/c1-4-19-17(16-7-5-6-10-20-16)13-8-9-15-14(11-13)18(2,3)12-21-15/h8-9,11,16-17,19H,4-7,10,12H2,1-3H3. The van der Waals surface area contributed by atoms with Crippen molar-refractivity contribution in [3.8, 4) is 5.75 Å². The number of hydrogen-bond donors (Lipinski definition) is 1. The molecule has 21 heavy (non-hydrogen) atoms. The second-order valence-electron chi connectivity index (χ2n) is 6.87. The predicted molar refractivity (Wildman–Crippen MR) is 85.0 cm³/mol. The Hall–Kier alpha value is -1.06. The second kappa shape index (κ2) is 5.98. The minimum Gasteiger partial charge on any atom is -0.492 e. The Bertz CT molecular complexity index is 492. The number of likely N-dealkylation sites (N-methyl/N-ethyl adjacent to an activating group) is 1. The van der Waals surface area contributed by atoms with Gasteiger partial charge in [0, 0.05) is 17.6 Å². The maximum absolute atomic E-state index is 6.02. The molecule has 2 unspecified atom stereocenters. The molecule has 2 atom stereocenters. The van der Waals surface area contributed by atoms with Crippen LogP contribution >= 0.6 is 0 Å². The largest absolute Gasteiger partial charge is 0.492 e. The molecule has 0 saturated carbocycles. The predicted octanol–water partition coefficient (Wildman–Crippen LogP) is 3.58. The summed E-state index contributed by atoms with van der Waals surface area (Å²) in [6.07, 6.45) is 3.91. The van der Waals surface area contributed by atoms with Gasteiger partial charge in [0.15, 0.2) is 0 Å². The first-order valence-electron chi connectivity index (χ1n) is 8.24. The van der Waals surface area contributed by atoms with Crippen molar-refractivity contribution in [2.24, 2.45) is 0 Å². The molecular weight excluding hydrogens is 262 g/mol. The van der Waals surface area contributed by atoms with E-state index < -0.39 is 0 Å². The van der Waals surface area contributed by atoms with E-state index in [9.17, 15) is 0 Å². The fourth-order valence-electron chi connectivity index (χ4n) is 3.44. The Morgan fingerprint density at radius 2 is 2.19 bits per heavy atom. The molecule has 3 rings (SSSR count). The lowest BCUT2D eigenvalue weighted by molar-refractivity contribution is -0.00788.